The maximum atomic E-state index is 12.7. The lowest BCUT2D eigenvalue weighted by Crippen LogP contribution is -2.14. The number of aromatic amines is 1. The first-order valence-corrected chi connectivity index (χ1v) is 11.5. The summed E-state index contributed by atoms with van der Waals surface area (Å²) < 4.78 is 7.28. The molecule has 0 saturated carbocycles. The number of ether oxygens (including phenoxy) is 1. The van der Waals surface area contributed by atoms with Crippen molar-refractivity contribution < 1.29 is 9.53 Å². The Balaban J connectivity index is 1.36. The number of carbonyl (C=O) groups excluding carboxylic acids is 1. The van der Waals surface area contributed by atoms with Gasteiger partial charge in [0.25, 0.3) is 5.56 Å². The van der Waals surface area contributed by atoms with Gasteiger partial charge in [-0.3, -0.25) is 9.48 Å². The monoisotopic (exact) mass is 498 g/mol. The molecule has 0 aliphatic rings. The molecule has 5 aromatic rings. The molecular formula is C23H16Cl2N4O3S. The number of esters is 1. The van der Waals surface area contributed by atoms with Gasteiger partial charge in [-0.25, -0.2) is 9.78 Å². The molecule has 0 radical (unpaired) electrons. The zero-order valence-corrected chi connectivity index (χ0v) is 19.6. The maximum absolute atomic E-state index is 12.7. The number of nitrogens with one attached hydrogen (secondary N) is 1. The van der Waals surface area contributed by atoms with E-state index in [1.165, 1.54) is 11.3 Å². The van der Waals surface area contributed by atoms with Crippen molar-refractivity contribution in [3.8, 4) is 0 Å². The summed E-state index contributed by atoms with van der Waals surface area (Å²) in [4.78, 5) is 33.3. The summed E-state index contributed by atoms with van der Waals surface area (Å²) in [6.45, 7) is 2.29. The van der Waals surface area contributed by atoms with Crippen LogP contribution in [0.3, 0.4) is 0 Å². The van der Waals surface area contributed by atoms with E-state index in [4.69, 9.17) is 27.9 Å². The highest BCUT2D eigenvalue weighted by molar-refractivity contribution is 7.20. The summed E-state index contributed by atoms with van der Waals surface area (Å²) >= 11 is 13.3. The van der Waals surface area contributed by atoms with Crippen molar-refractivity contribution in [1.82, 2.24) is 19.7 Å². The molecule has 2 aromatic carbocycles. The van der Waals surface area contributed by atoms with Crippen molar-refractivity contribution in [2.75, 3.05) is 0 Å². The Bertz CT molecular complexity index is 1570. The highest BCUT2D eigenvalue weighted by Crippen LogP contribution is 2.29. The molecule has 0 spiro atoms. The lowest BCUT2D eigenvalue weighted by molar-refractivity contribution is 0.0468. The maximum Gasteiger partial charge on any atom is 0.348 e. The molecule has 0 amide bonds. The number of halogens is 2. The van der Waals surface area contributed by atoms with E-state index in [0.29, 0.717) is 32.4 Å². The SMILES string of the molecule is Cc1nn(Cc2ccc(Cl)cc2)c2sc(C(=O)OCc3nc4cc(Cl)ccc4c(=O)[nH]3)cc12. The Morgan fingerprint density at radius 2 is 1.85 bits per heavy atom. The molecule has 3 heterocycles. The number of H-pyrrole nitrogens is 1. The van der Waals surface area contributed by atoms with Gasteiger partial charge in [0.05, 0.1) is 23.1 Å². The van der Waals surface area contributed by atoms with Gasteiger partial charge in [0.2, 0.25) is 0 Å². The fourth-order valence-corrected chi connectivity index (χ4v) is 4.86. The number of fused-ring (bicyclic) bond motifs is 2. The summed E-state index contributed by atoms with van der Waals surface area (Å²) in [7, 11) is 0. The number of carbonyl (C=O) groups is 1. The van der Waals surface area contributed by atoms with Gasteiger partial charge in [0, 0.05) is 15.4 Å². The fraction of sp³-hybridized carbons (Fsp3) is 0.130. The van der Waals surface area contributed by atoms with Gasteiger partial charge in [-0.1, -0.05) is 35.3 Å². The quantitative estimate of drug-likeness (QED) is 0.329. The predicted molar refractivity (Wildman–Crippen MR) is 129 cm³/mol. The van der Waals surface area contributed by atoms with E-state index in [2.05, 4.69) is 15.1 Å². The lowest BCUT2D eigenvalue weighted by atomic mass is 10.2. The van der Waals surface area contributed by atoms with E-state index in [0.717, 1.165) is 21.5 Å². The number of hydrogen-bond acceptors (Lipinski definition) is 6. The molecule has 166 valence electrons. The van der Waals surface area contributed by atoms with Crippen LogP contribution in [0.4, 0.5) is 0 Å². The van der Waals surface area contributed by atoms with Crippen LogP contribution in [0.15, 0.2) is 53.3 Å². The third-order valence-corrected chi connectivity index (χ3v) is 6.73. The molecule has 0 fully saturated rings. The van der Waals surface area contributed by atoms with E-state index in [1.54, 1.807) is 24.3 Å². The second kappa shape index (κ2) is 8.62. The van der Waals surface area contributed by atoms with Gasteiger partial charge in [-0.2, -0.15) is 5.10 Å². The average molecular weight is 499 g/mol. The number of thiophene rings is 1. The Labute approximate surface area is 201 Å². The van der Waals surface area contributed by atoms with E-state index < -0.39 is 5.97 Å². The summed E-state index contributed by atoms with van der Waals surface area (Å²) in [6, 6.07) is 14.2. The molecule has 0 atom stereocenters. The minimum absolute atomic E-state index is 0.166. The van der Waals surface area contributed by atoms with Crippen LogP contribution in [0, 0.1) is 6.92 Å². The molecule has 3 aromatic heterocycles. The Kier molecular flexibility index (Phi) is 5.65. The molecule has 0 aliphatic carbocycles. The van der Waals surface area contributed by atoms with Crippen molar-refractivity contribution in [1.29, 1.82) is 0 Å². The number of aryl methyl sites for hydroxylation is 1. The summed E-state index contributed by atoms with van der Waals surface area (Å²) in [5, 5.41) is 7.04. The van der Waals surface area contributed by atoms with Gasteiger partial charge >= 0.3 is 5.97 Å². The largest absolute Gasteiger partial charge is 0.453 e. The molecule has 0 aliphatic heterocycles. The van der Waals surface area contributed by atoms with Crippen LogP contribution < -0.4 is 5.56 Å². The molecule has 33 heavy (non-hydrogen) atoms. The minimum atomic E-state index is -0.498. The molecule has 5 rings (SSSR count). The van der Waals surface area contributed by atoms with Crippen LogP contribution in [0.5, 0.6) is 0 Å². The smallest absolute Gasteiger partial charge is 0.348 e. The van der Waals surface area contributed by atoms with E-state index >= 15 is 0 Å². The van der Waals surface area contributed by atoms with Crippen molar-refractivity contribution in [2.24, 2.45) is 0 Å². The third-order valence-electron chi connectivity index (χ3n) is 5.11. The highest BCUT2D eigenvalue weighted by Gasteiger charge is 2.18. The van der Waals surface area contributed by atoms with Gasteiger partial charge in [-0.05, 0) is 48.9 Å². The number of nitrogens with zero attached hydrogens (tertiary/aromatic N) is 3. The van der Waals surface area contributed by atoms with E-state index in [1.807, 2.05) is 35.9 Å². The van der Waals surface area contributed by atoms with Crippen molar-refractivity contribution in [2.45, 2.75) is 20.1 Å². The Morgan fingerprint density at radius 1 is 1.09 bits per heavy atom. The van der Waals surface area contributed by atoms with Gasteiger partial charge in [0.15, 0.2) is 0 Å². The summed E-state index contributed by atoms with van der Waals surface area (Å²) in [6.07, 6.45) is 0. The van der Waals surface area contributed by atoms with Crippen molar-refractivity contribution in [3.05, 3.63) is 90.9 Å². The van der Waals surface area contributed by atoms with Gasteiger partial charge < -0.3 is 9.72 Å². The van der Waals surface area contributed by atoms with Crippen molar-refractivity contribution >= 4 is 61.6 Å². The minimum Gasteiger partial charge on any atom is -0.453 e. The molecule has 10 heteroatoms. The zero-order valence-electron chi connectivity index (χ0n) is 17.3. The normalized spacial score (nSPS) is 11.4. The Morgan fingerprint density at radius 3 is 2.64 bits per heavy atom. The molecule has 7 nitrogen and oxygen atoms in total. The Hall–Kier alpha value is -3.20. The van der Waals surface area contributed by atoms with Crippen molar-refractivity contribution in [3.63, 3.8) is 0 Å². The van der Waals surface area contributed by atoms with Crippen LogP contribution in [0.25, 0.3) is 21.1 Å². The second-order valence-electron chi connectivity index (χ2n) is 7.45. The predicted octanol–water partition coefficient (Wildman–Crippen LogP) is 5.35. The molecular weight excluding hydrogens is 483 g/mol. The van der Waals surface area contributed by atoms with Crippen LogP contribution in [0.2, 0.25) is 10.0 Å². The van der Waals surface area contributed by atoms with Gasteiger partial charge in [0.1, 0.15) is 22.1 Å². The number of benzene rings is 2. The third kappa shape index (κ3) is 4.37. The van der Waals surface area contributed by atoms with E-state index in [9.17, 15) is 9.59 Å². The lowest BCUT2D eigenvalue weighted by Gasteiger charge is -2.05. The standard InChI is InChI=1S/C23H16Cl2N4O3S/c1-12-17-9-19(33-22(17)29(28-12)10-13-2-4-14(24)5-3-13)23(31)32-11-20-26-18-8-15(25)6-7-16(18)21(30)27-20/h2-9H,10-11H2,1H3,(H,26,27,30). The zero-order chi connectivity index (χ0) is 23.1. The molecule has 0 saturated heterocycles. The number of rotatable bonds is 5. The van der Waals surface area contributed by atoms with Gasteiger partial charge in [-0.15, -0.1) is 11.3 Å². The first kappa shape index (κ1) is 21.6. The average Bonchev–Trinajstić information content (AvgIpc) is 3.34. The first-order valence-electron chi connectivity index (χ1n) is 9.94. The fourth-order valence-electron chi connectivity index (χ4n) is 3.52. The van der Waals surface area contributed by atoms with Crippen LogP contribution in [-0.4, -0.2) is 25.7 Å². The molecule has 0 bridgehead atoms. The van der Waals surface area contributed by atoms with E-state index in [-0.39, 0.29) is 18.0 Å². The first-order chi connectivity index (χ1) is 15.9. The van der Waals surface area contributed by atoms with Crippen LogP contribution in [-0.2, 0) is 17.9 Å². The molecule has 0 unspecified atom stereocenters. The topological polar surface area (TPSA) is 89.9 Å². The summed E-state index contributed by atoms with van der Waals surface area (Å²) in [5.74, 6) is -0.253. The highest BCUT2D eigenvalue weighted by atomic mass is 35.5. The van der Waals surface area contributed by atoms with Crippen LogP contribution >= 0.6 is 34.5 Å². The summed E-state index contributed by atoms with van der Waals surface area (Å²) in [5.41, 5.74) is 2.00. The number of hydrogen-bond donors (Lipinski definition) is 1. The number of aromatic nitrogens is 4. The van der Waals surface area contributed by atoms with Crippen LogP contribution in [0.1, 0.15) is 26.8 Å². The second-order valence-corrected chi connectivity index (χ2v) is 9.35. The molecule has 1 N–H and O–H groups in total.